The van der Waals surface area contributed by atoms with Crippen molar-refractivity contribution in [3.63, 3.8) is 0 Å². The van der Waals surface area contributed by atoms with Crippen molar-refractivity contribution in [1.82, 2.24) is 5.32 Å². The van der Waals surface area contributed by atoms with Crippen molar-refractivity contribution in [3.05, 3.63) is 23.8 Å². The predicted octanol–water partition coefficient (Wildman–Crippen LogP) is 1.95. The molecule has 0 saturated carbocycles. The fourth-order valence-corrected chi connectivity index (χ4v) is 2.14. The van der Waals surface area contributed by atoms with Crippen molar-refractivity contribution in [1.29, 1.82) is 0 Å². The molecule has 0 aromatic heterocycles. The summed E-state index contributed by atoms with van der Waals surface area (Å²) in [5, 5.41) is 3.02. The van der Waals surface area contributed by atoms with E-state index < -0.39 is 0 Å². The summed E-state index contributed by atoms with van der Waals surface area (Å²) in [6, 6.07) is 5.23. The molecule has 0 unspecified atom stereocenters. The lowest BCUT2D eigenvalue weighted by Gasteiger charge is -2.31. The number of nitrogens with one attached hydrogen (secondary N) is 1. The van der Waals surface area contributed by atoms with Gasteiger partial charge in [0.15, 0.2) is 11.5 Å². The van der Waals surface area contributed by atoms with Gasteiger partial charge in [0.1, 0.15) is 0 Å². The summed E-state index contributed by atoms with van der Waals surface area (Å²) in [6.07, 6.45) is 1.55. The predicted molar refractivity (Wildman–Crippen MR) is 79.4 cm³/mol. The molecule has 0 radical (unpaired) electrons. The molecule has 5 nitrogen and oxygen atoms in total. The van der Waals surface area contributed by atoms with Crippen molar-refractivity contribution < 1.29 is 14.3 Å². The molecular weight excluding hydrogens is 256 g/mol. The zero-order valence-electron chi connectivity index (χ0n) is 12.7. The minimum atomic E-state index is -0.384. The van der Waals surface area contributed by atoms with E-state index >= 15 is 0 Å². The van der Waals surface area contributed by atoms with Gasteiger partial charge in [-0.1, -0.05) is 19.9 Å². The van der Waals surface area contributed by atoms with E-state index in [-0.39, 0.29) is 11.4 Å². The molecule has 0 aliphatic carbocycles. The molecule has 0 aliphatic rings. The van der Waals surface area contributed by atoms with Crippen LogP contribution >= 0.6 is 0 Å². The van der Waals surface area contributed by atoms with Crippen LogP contribution in [0.15, 0.2) is 18.2 Å². The normalized spacial score (nSPS) is 11.1. The third-order valence-electron chi connectivity index (χ3n) is 3.77. The van der Waals surface area contributed by atoms with Crippen LogP contribution in [-0.4, -0.2) is 32.2 Å². The Bertz CT molecular complexity index is 448. The van der Waals surface area contributed by atoms with Crippen LogP contribution in [0.1, 0.15) is 37.0 Å². The smallest absolute Gasteiger partial charge is 0.255 e. The maximum absolute atomic E-state index is 12.5. The average Bonchev–Trinajstić information content (AvgIpc) is 2.51. The quantitative estimate of drug-likeness (QED) is 0.800. The number of para-hydroxylation sites is 1. The van der Waals surface area contributed by atoms with Crippen molar-refractivity contribution in [2.75, 3.05) is 20.8 Å². The average molecular weight is 280 g/mol. The lowest BCUT2D eigenvalue weighted by atomic mass is 9.92. The molecule has 0 aliphatic heterocycles. The maximum Gasteiger partial charge on any atom is 0.255 e. The first-order valence-corrected chi connectivity index (χ1v) is 6.81. The van der Waals surface area contributed by atoms with E-state index in [2.05, 4.69) is 5.32 Å². The maximum atomic E-state index is 12.5. The van der Waals surface area contributed by atoms with Gasteiger partial charge in [-0.3, -0.25) is 4.79 Å². The number of nitrogens with two attached hydrogens (primary N) is 1. The van der Waals surface area contributed by atoms with Gasteiger partial charge in [-0.25, -0.2) is 0 Å². The number of amides is 1. The van der Waals surface area contributed by atoms with E-state index in [0.717, 1.165) is 12.8 Å². The second kappa shape index (κ2) is 7.14. The molecule has 0 heterocycles. The monoisotopic (exact) mass is 280 g/mol. The molecule has 0 fully saturated rings. The van der Waals surface area contributed by atoms with Gasteiger partial charge in [0, 0.05) is 6.54 Å². The molecule has 0 spiro atoms. The van der Waals surface area contributed by atoms with E-state index in [1.165, 1.54) is 7.11 Å². The van der Waals surface area contributed by atoms with Crippen LogP contribution in [0.4, 0.5) is 0 Å². The van der Waals surface area contributed by atoms with Gasteiger partial charge >= 0.3 is 0 Å². The van der Waals surface area contributed by atoms with Crippen LogP contribution in [0.25, 0.3) is 0 Å². The summed E-state index contributed by atoms with van der Waals surface area (Å²) >= 11 is 0. The van der Waals surface area contributed by atoms with Crippen LogP contribution in [0.2, 0.25) is 0 Å². The molecule has 1 aromatic rings. The lowest BCUT2D eigenvalue weighted by Crippen LogP contribution is -2.52. The Labute approximate surface area is 120 Å². The van der Waals surface area contributed by atoms with Crippen LogP contribution in [0.3, 0.4) is 0 Å². The number of methoxy groups -OCH3 is 2. The zero-order valence-corrected chi connectivity index (χ0v) is 12.7. The first kappa shape index (κ1) is 16.3. The van der Waals surface area contributed by atoms with E-state index in [9.17, 15) is 4.79 Å². The van der Waals surface area contributed by atoms with Crippen LogP contribution < -0.4 is 20.5 Å². The number of rotatable bonds is 7. The van der Waals surface area contributed by atoms with Gasteiger partial charge in [0.05, 0.1) is 25.3 Å². The van der Waals surface area contributed by atoms with Crippen molar-refractivity contribution in [2.24, 2.45) is 5.73 Å². The molecule has 5 heteroatoms. The molecule has 1 rings (SSSR count). The number of ether oxygens (including phenoxy) is 2. The number of carbonyl (C=O) groups excluding carboxylic acids is 1. The molecular formula is C15H24N2O3. The number of benzene rings is 1. The molecule has 1 aromatic carbocycles. The summed E-state index contributed by atoms with van der Waals surface area (Å²) in [5.41, 5.74) is 5.88. The highest BCUT2D eigenvalue weighted by molar-refractivity contribution is 5.98. The van der Waals surface area contributed by atoms with E-state index in [1.54, 1.807) is 25.3 Å². The van der Waals surface area contributed by atoms with Crippen molar-refractivity contribution in [2.45, 2.75) is 32.2 Å². The van der Waals surface area contributed by atoms with E-state index in [0.29, 0.717) is 23.6 Å². The molecule has 0 bridgehead atoms. The third-order valence-corrected chi connectivity index (χ3v) is 3.77. The largest absolute Gasteiger partial charge is 0.493 e. The molecule has 0 atom stereocenters. The van der Waals surface area contributed by atoms with Gasteiger partial charge in [0.2, 0.25) is 0 Å². The van der Waals surface area contributed by atoms with E-state index in [4.69, 9.17) is 15.2 Å². The summed E-state index contributed by atoms with van der Waals surface area (Å²) in [4.78, 5) is 12.5. The summed E-state index contributed by atoms with van der Waals surface area (Å²) < 4.78 is 10.5. The van der Waals surface area contributed by atoms with Crippen LogP contribution in [0, 0.1) is 0 Å². The van der Waals surface area contributed by atoms with Crippen LogP contribution in [-0.2, 0) is 0 Å². The van der Waals surface area contributed by atoms with Crippen molar-refractivity contribution in [3.8, 4) is 11.5 Å². The second-order valence-corrected chi connectivity index (χ2v) is 4.69. The Morgan fingerprint density at radius 3 is 2.35 bits per heavy atom. The van der Waals surface area contributed by atoms with Gasteiger partial charge in [-0.2, -0.15) is 0 Å². The van der Waals surface area contributed by atoms with Gasteiger partial charge in [0.25, 0.3) is 5.91 Å². The second-order valence-electron chi connectivity index (χ2n) is 4.69. The molecule has 112 valence electrons. The van der Waals surface area contributed by atoms with Crippen LogP contribution in [0.5, 0.6) is 11.5 Å². The summed E-state index contributed by atoms with van der Waals surface area (Å²) in [6.45, 7) is 4.43. The molecule has 3 N–H and O–H groups in total. The summed E-state index contributed by atoms with van der Waals surface area (Å²) in [5.74, 6) is 0.770. The molecule has 0 saturated heterocycles. The Kier molecular flexibility index (Phi) is 5.82. The van der Waals surface area contributed by atoms with Gasteiger partial charge in [-0.15, -0.1) is 0 Å². The fraction of sp³-hybridized carbons (Fsp3) is 0.533. The Balaban J connectivity index is 3.09. The first-order valence-electron chi connectivity index (χ1n) is 6.81. The SMILES string of the molecule is CCC(CC)(CN)NC(=O)c1cccc(OC)c1OC. The number of hydrogen-bond donors (Lipinski definition) is 2. The highest BCUT2D eigenvalue weighted by Gasteiger charge is 2.28. The third kappa shape index (κ3) is 3.22. The van der Waals surface area contributed by atoms with Gasteiger partial charge in [-0.05, 0) is 25.0 Å². The highest BCUT2D eigenvalue weighted by Crippen LogP contribution is 2.31. The minimum absolute atomic E-state index is 0.199. The number of hydrogen-bond acceptors (Lipinski definition) is 4. The lowest BCUT2D eigenvalue weighted by molar-refractivity contribution is 0.0891. The molecule has 1 amide bonds. The summed E-state index contributed by atoms with van der Waals surface area (Å²) in [7, 11) is 3.06. The Morgan fingerprint density at radius 2 is 1.90 bits per heavy atom. The topological polar surface area (TPSA) is 73.6 Å². The Morgan fingerprint density at radius 1 is 1.25 bits per heavy atom. The standard InChI is InChI=1S/C15H24N2O3/c1-5-15(6-2,10-16)17-14(18)11-8-7-9-12(19-3)13(11)20-4/h7-9H,5-6,10,16H2,1-4H3,(H,17,18). The first-order chi connectivity index (χ1) is 9.57. The minimum Gasteiger partial charge on any atom is -0.493 e. The zero-order chi connectivity index (χ0) is 15.2. The van der Waals surface area contributed by atoms with Crippen molar-refractivity contribution >= 4 is 5.91 Å². The number of carbonyl (C=O) groups is 1. The van der Waals surface area contributed by atoms with Gasteiger partial charge < -0.3 is 20.5 Å². The highest BCUT2D eigenvalue weighted by atomic mass is 16.5. The van der Waals surface area contributed by atoms with E-state index in [1.807, 2.05) is 13.8 Å². The Hall–Kier alpha value is -1.75. The fourth-order valence-electron chi connectivity index (χ4n) is 2.14. The molecule has 20 heavy (non-hydrogen) atoms.